The fourth-order valence-electron chi connectivity index (χ4n) is 3.18. The number of amides is 1. The fourth-order valence-corrected chi connectivity index (χ4v) is 3.18. The molecule has 0 saturated carbocycles. The summed E-state index contributed by atoms with van der Waals surface area (Å²) in [7, 11) is 0. The average Bonchev–Trinajstić information content (AvgIpc) is 2.79. The zero-order valence-corrected chi connectivity index (χ0v) is 20.6. The number of carbonyl (C=O) groups is 1. The van der Waals surface area contributed by atoms with Crippen LogP contribution in [0.25, 0.3) is 0 Å². The Hall–Kier alpha value is -3.03. The predicted molar refractivity (Wildman–Crippen MR) is 135 cm³/mol. The molecule has 0 unspecified atom stereocenters. The number of hydrogen-bond donors (Lipinski definition) is 3. The number of carbonyl (C=O) groups excluding carboxylic acids is 1. The Kier molecular flexibility index (Phi) is 10.9. The maximum Gasteiger partial charge on any atom is 0.408 e. The first kappa shape index (κ1) is 27.2. The maximum atomic E-state index is 11.8. The second-order valence-corrected chi connectivity index (χ2v) is 9.18. The molecule has 184 valence electrons. The average molecular weight is 468 g/mol. The molecule has 0 aliphatic carbocycles. The molecular formula is C27H37N3O4. The monoisotopic (exact) mass is 467 g/mol. The molecule has 2 aromatic carbocycles. The van der Waals surface area contributed by atoms with Gasteiger partial charge in [-0.25, -0.2) is 4.79 Å². The van der Waals surface area contributed by atoms with Gasteiger partial charge in [-0.3, -0.25) is 0 Å². The first-order valence-electron chi connectivity index (χ1n) is 11.7. The highest BCUT2D eigenvalue weighted by Crippen LogP contribution is 2.20. The van der Waals surface area contributed by atoms with E-state index < -0.39 is 30.4 Å². The zero-order chi connectivity index (χ0) is 25.0. The number of benzene rings is 2. The standard InChI is InChI=1S/C27H37N3O4/c1-5-8-20-11-15-22(16-12-20)29-30-23-17-13-21(14-18-23)9-6-7-10-25(32)24(19-31)28-26(33)34-27(2,3)4/h7,10-18,24-25,31-32H,5-6,8-9,19H2,1-4H3,(H,28,33)/b10-7+,30-29?/t24-,25+/m0/s1. The van der Waals surface area contributed by atoms with E-state index in [1.165, 1.54) is 5.56 Å². The first-order chi connectivity index (χ1) is 16.2. The van der Waals surface area contributed by atoms with Crippen molar-refractivity contribution in [3.8, 4) is 0 Å². The van der Waals surface area contributed by atoms with Gasteiger partial charge in [0.2, 0.25) is 0 Å². The summed E-state index contributed by atoms with van der Waals surface area (Å²) < 4.78 is 5.16. The van der Waals surface area contributed by atoms with Crippen LogP contribution in [0.2, 0.25) is 0 Å². The summed E-state index contributed by atoms with van der Waals surface area (Å²) in [4.78, 5) is 11.8. The van der Waals surface area contributed by atoms with Gasteiger partial charge in [-0.15, -0.1) is 0 Å². The molecule has 0 heterocycles. The molecule has 2 atom stereocenters. The summed E-state index contributed by atoms with van der Waals surface area (Å²) in [6.45, 7) is 7.01. The molecule has 2 rings (SSSR count). The molecule has 0 aliphatic rings. The highest BCUT2D eigenvalue weighted by atomic mass is 16.6. The molecule has 3 N–H and O–H groups in total. The van der Waals surface area contributed by atoms with E-state index in [2.05, 4.69) is 34.6 Å². The molecule has 0 spiro atoms. The van der Waals surface area contributed by atoms with Gasteiger partial charge in [0.15, 0.2) is 0 Å². The summed E-state index contributed by atoms with van der Waals surface area (Å²) in [6.07, 6.45) is 5.39. The molecule has 0 saturated heterocycles. The Morgan fingerprint density at radius 3 is 2.00 bits per heavy atom. The number of alkyl carbamates (subject to hydrolysis) is 1. The number of aliphatic hydroxyl groups excluding tert-OH is 2. The van der Waals surface area contributed by atoms with Crippen LogP contribution in [-0.2, 0) is 17.6 Å². The lowest BCUT2D eigenvalue weighted by molar-refractivity contribution is 0.0405. The number of aliphatic hydroxyl groups is 2. The molecule has 7 nitrogen and oxygen atoms in total. The molecule has 34 heavy (non-hydrogen) atoms. The quantitative estimate of drug-likeness (QED) is 0.287. The highest BCUT2D eigenvalue weighted by molar-refractivity contribution is 5.68. The van der Waals surface area contributed by atoms with Crippen molar-refractivity contribution in [2.24, 2.45) is 10.2 Å². The third-order valence-corrected chi connectivity index (χ3v) is 4.94. The van der Waals surface area contributed by atoms with Gasteiger partial charge >= 0.3 is 6.09 Å². The van der Waals surface area contributed by atoms with E-state index in [-0.39, 0.29) is 0 Å². The van der Waals surface area contributed by atoms with Crippen LogP contribution >= 0.6 is 0 Å². The van der Waals surface area contributed by atoms with E-state index in [9.17, 15) is 15.0 Å². The summed E-state index contributed by atoms with van der Waals surface area (Å²) >= 11 is 0. The lowest BCUT2D eigenvalue weighted by Gasteiger charge is -2.24. The van der Waals surface area contributed by atoms with Crippen LogP contribution in [0.5, 0.6) is 0 Å². The molecule has 0 aromatic heterocycles. The van der Waals surface area contributed by atoms with Crippen molar-refractivity contribution >= 4 is 17.5 Å². The van der Waals surface area contributed by atoms with Crippen molar-refractivity contribution in [2.75, 3.05) is 6.61 Å². The lowest BCUT2D eigenvalue weighted by Crippen LogP contribution is -2.47. The zero-order valence-electron chi connectivity index (χ0n) is 20.6. The molecule has 0 bridgehead atoms. The Balaban J connectivity index is 1.80. The van der Waals surface area contributed by atoms with E-state index in [1.807, 2.05) is 42.5 Å². The topological polar surface area (TPSA) is 104 Å². The molecule has 0 aliphatic heterocycles. The summed E-state index contributed by atoms with van der Waals surface area (Å²) in [5, 5.41) is 30.8. The highest BCUT2D eigenvalue weighted by Gasteiger charge is 2.22. The normalized spacial score (nSPS) is 13.8. The molecule has 1 amide bonds. The maximum absolute atomic E-state index is 11.8. The molecular weight excluding hydrogens is 430 g/mol. The van der Waals surface area contributed by atoms with E-state index in [4.69, 9.17) is 4.74 Å². The second kappa shape index (κ2) is 13.6. The molecule has 2 aromatic rings. The summed E-state index contributed by atoms with van der Waals surface area (Å²) in [5.41, 5.74) is 3.40. The Morgan fingerprint density at radius 2 is 1.53 bits per heavy atom. The Bertz CT molecular complexity index is 932. The van der Waals surface area contributed by atoms with Gasteiger partial charge in [0.1, 0.15) is 5.60 Å². The van der Waals surface area contributed by atoms with Crippen molar-refractivity contribution in [3.63, 3.8) is 0 Å². The minimum absolute atomic E-state index is 0.399. The summed E-state index contributed by atoms with van der Waals surface area (Å²) in [5.74, 6) is 0. The van der Waals surface area contributed by atoms with Crippen LogP contribution in [-0.4, -0.2) is 40.7 Å². The number of nitrogens with zero attached hydrogens (tertiary/aromatic N) is 2. The van der Waals surface area contributed by atoms with Gasteiger partial charge in [0.05, 0.1) is 30.1 Å². The number of azo groups is 1. The molecule has 0 radical (unpaired) electrons. The Labute approximate surface area is 202 Å². The van der Waals surface area contributed by atoms with Crippen molar-refractivity contribution in [1.29, 1.82) is 0 Å². The predicted octanol–water partition coefficient (Wildman–Crippen LogP) is 5.79. The number of allylic oxidation sites excluding steroid dienone is 1. The van der Waals surface area contributed by atoms with Gasteiger partial charge in [-0.1, -0.05) is 49.8 Å². The third kappa shape index (κ3) is 10.3. The van der Waals surface area contributed by atoms with E-state index in [0.717, 1.165) is 36.2 Å². The number of rotatable bonds is 11. The largest absolute Gasteiger partial charge is 0.444 e. The molecule has 0 fully saturated rings. The number of aryl methyl sites for hydroxylation is 2. The van der Waals surface area contributed by atoms with Gasteiger partial charge in [0, 0.05) is 0 Å². The third-order valence-electron chi connectivity index (χ3n) is 4.94. The number of nitrogens with one attached hydrogen (secondary N) is 1. The van der Waals surface area contributed by atoms with Crippen LogP contribution in [0.1, 0.15) is 51.7 Å². The van der Waals surface area contributed by atoms with Crippen LogP contribution in [0, 0.1) is 0 Å². The second-order valence-electron chi connectivity index (χ2n) is 9.18. The Morgan fingerprint density at radius 1 is 1.00 bits per heavy atom. The number of hydrogen-bond acceptors (Lipinski definition) is 6. The van der Waals surface area contributed by atoms with Gasteiger partial charge in [-0.05, 0) is 75.4 Å². The first-order valence-corrected chi connectivity index (χ1v) is 11.7. The van der Waals surface area contributed by atoms with E-state index in [1.54, 1.807) is 26.8 Å². The van der Waals surface area contributed by atoms with Crippen molar-refractivity contribution in [1.82, 2.24) is 5.32 Å². The summed E-state index contributed by atoms with van der Waals surface area (Å²) in [6, 6.07) is 15.2. The van der Waals surface area contributed by atoms with Crippen LogP contribution in [0.15, 0.2) is 70.9 Å². The van der Waals surface area contributed by atoms with Gasteiger partial charge < -0.3 is 20.3 Å². The fraction of sp³-hybridized carbons (Fsp3) is 0.444. The van der Waals surface area contributed by atoms with Crippen LogP contribution in [0.3, 0.4) is 0 Å². The van der Waals surface area contributed by atoms with Crippen molar-refractivity contribution in [2.45, 2.75) is 71.1 Å². The minimum Gasteiger partial charge on any atom is -0.444 e. The SMILES string of the molecule is CCCc1ccc(N=Nc2ccc(CC/C=C/[C@@H](O)[C@H](CO)NC(=O)OC(C)(C)C)cc2)cc1. The lowest BCUT2D eigenvalue weighted by atomic mass is 10.1. The van der Waals surface area contributed by atoms with Crippen molar-refractivity contribution in [3.05, 3.63) is 71.8 Å². The number of ether oxygens (including phenoxy) is 1. The minimum atomic E-state index is -1.02. The van der Waals surface area contributed by atoms with Crippen molar-refractivity contribution < 1.29 is 19.7 Å². The van der Waals surface area contributed by atoms with Crippen LogP contribution < -0.4 is 5.32 Å². The van der Waals surface area contributed by atoms with Gasteiger partial charge in [-0.2, -0.15) is 10.2 Å². The van der Waals surface area contributed by atoms with Crippen LogP contribution in [0.4, 0.5) is 16.2 Å². The van der Waals surface area contributed by atoms with Gasteiger partial charge in [0.25, 0.3) is 0 Å². The van der Waals surface area contributed by atoms with E-state index >= 15 is 0 Å². The van der Waals surface area contributed by atoms with E-state index in [0.29, 0.717) is 6.42 Å². The molecule has 7 heteroatoms. The smallest absolute Gasteiger partial charge is 0.408 e.